The summed E-state index contributed by atoms with van der Waals surface area (Å²) < 4.78 is 4.40. The topological polar surface area (TPSA) is 93.7 Å². The Morgan fingerprint density at radius 3 is 2.62 bits per heavy atom. The highest BCUT2D eigenvalue weighted by atomic mass is 16.6. The number of aromatic hydroxyl groups is 1. The normalized spacial score (nSPS) is 9.00. The summed E-state index contributed by atoms with van der Waals surface area (Å²) in [7, 11) is -2.01. The van der Waals surface area contributed by atoms with Crippen molar-refractivity contribution in [2.75, 3.05) is 0 Å². The number of phenolic OH excluding ortho intramolecular Hbond substituents is 1. The average Bonchev–Trinajstić information content (AvgIpc) is 2.08. The van der Waals surface area contributed by atoms with Crippen molar-refractivity contribution in [3.63, 3.8) is 0 Å². The van der Waals surface area contributed by atoms with Crippen molar-refractivity contribution in [2.24, 2.45) is 0 Å². The number of benzene rings is 1. The summed E-state index contributed by atoms with van der Waals surface area (Å²) in [6.07, 6.45) is 0. The fraction of sp³-hybridized carbons (Fsp3) is 0. The van der Waals surface area contributed by atoms with E-state index < -0.39 is 7.32 Å². The van der Waals surface area contributed by atoms with Gasteiger partial charge >= 0.3 is 7.32 Å². The van der Waals surface area contributed by atoms with Crippen molar-refractivity contribution in [1.82, 2.24) is 0 Å². The molecule has 6 heteroatoms. The summed E-state index contributed by atoms with van der Waals surface area (Å²) in [4.78, 5) is 0. The molecule has 0 aliphatic heterocycles. The molecule has 3 N–H and O–H groups in total. The third-order valence-electron chi connectivity index (χ3n) is 1.32. The summed E-state index contributed by atoms with van der Waals surface area (Å²) in [5, 5.41) is 34.5. The van der Waals surface area contributed by atoms with Crippen LogP contribution >= 0.6 is 0 Å². The van der Waals surface area contributed by atoms with Gasteiger partial charge < -0.3 is 19.8 Å². The molecule has 0 atom stereocenters. The Morgan fingerprint density at radius 2 is 2.08 bits per heavy atom. The Hall–Kier alpha value is -1.71. The lowest BCUT2D eigenvalue weighted by Crippen LogP contribution is -2.20. The predicted octanol–water partition coefficient (Wildman–Crippen LogP) is -0.388. The van der Waals surface area contributed by atoms with E-state index >= 15 is 0 Å². The average molecular weight is 179 g/mol. The summed E-state index contributed by atoms with van der Waals surface area (Å²) in [6, 6.07) is 5.63. The lowest BCUT2D eigenvalue weighted by Gasteiger charge is -2.06. The minimum Gasteiger partial charge on any atom is -0.509 e. The maximum Gasteiger partial charge on any atom is 0.707 e. The second kappa shape index (κ2) is 3.80. The SMILES string of the molecule is N#Cc1ccc(O)c(OB(O)O)c1. The molecule has 0 amide bonds. The minimum atomic E-state index is -2.01. The molecule has 0 saturated carbocycles. The molecule has 0 bridgehead atoms. The van der Waals surface area contributed by atoms with E-state index in [0.29, 0.717) is 0 Å². The first kappa shape index (κ1) is 9.38. The van der Waals surface area contributed by atoms with Gasteiger partial charge in [0.25, 0.3) is 0 Å². The lowest BCUT2D eigenvalue weighted by atomic mass is 10.2. The summed E-state index contributed by atoms with van der Waals surface area (Å²) >= 11 is 0. The molecule has 66 valence electrons. The molecule has 5 nitrogen and oxygen atoms in total. The van der Waals surface area contributed by atoms with Gasteiger partial charge in [0.05, 0.1) is 11.6 Å². The van der Waals surface area contributed by atoms with Crippen LogP contribution in [-0.2, 0) is 0 Å². The van der Waals surface area contributed by atoms with Gasteiger partial charge in [0.2, 0.25) is 0 Å². The van der Waals surface area contributed by atoms with Crippen LogP contribution in [0.1, 0.15) is 5.56 Å². The van der Waals surface area contributed by atoms with Gasteiger partial charge in [-0.25, -0.2) is 0 Å². The zero-order valence-electron chi connectivity index (χ0n) is 6.51. The molecule has 1 rings (SSSR count). The van der Waals surface area contributed by atoms with Crippen LogP contribution in [-0.4, -0.2) is 22.5 Å². The number of hydrogen-bond donors (Lipinski definition) is 3. The van der Waals surface area contributed by atoms with Crippen molar-refractivity contribution in [2.45, 2.75) is 0 Å². The van der Waals surface area contributed by atoms with Crippen LogP contribution < -0.4 is 4.65 Å². The Morgan fingerprint density at radius 1 is 1.38 bits per heavy atom. The first-order valence-electron chi connectivity index (χ1n) is 3.39. The van der Waals surface area contributed by atoms with Gasteiger partial charge in [-0.3, -0.25) is 0 Å². The van der Waals surface area contributed by atoms with E-state index in [9.17, 15) is 0 Å². The Bertz CT molecular complexity index is 347. The minimum absolute atomic E-state index is 0.144. The molecule has 13 heavy (non-hydrogen) atoms. The second-order valence-electron chi connectivity index (χ2n) is 2.24. The van der Waals surface area contributed by atoms with Gasteiger partial charge in [-0.15, -0.1) is 0 Å². The Kier molecular flexibility index (Phi) is 2.74. The Balaban J connectivity index is 2.99. The third kappa shape index (κ3) is 2.37. The largest absolute Gasteiger partial charge is 0.707 e. The van der Waals surface area contributed by atoms with Crippen LogP contribution in [0, 0.1) is 11.3 Å². The van der Waals surface area contributed by atoms with Crippen molar-refractivity contribution in [3.8, 4) is 17.6 Å². The van der Waals surface area contributed by atoms with Crippen LogP contribution in [0.3, 0.4) is 0 Å². The molecule has 0 fully saturated rings. The van der Waals surface area contributed by atoms with Crippen molar-refractivity contribution >= 4 is 7.32 Å². The third-order valence-corrected chi connectivity index (χ3v) is 1.32. The maximum atomic E-state index is 9.12. The van der Waals surface area contributed by atoms with E-state index in [2.05, 4.69) is 4.65 Å². The molecule has 1 aromatic carbocycles. The van der Waals surface area contributed by atoms with E-state index in [4.69, 9.17) is 20.4 Å². The molecule has 0 spiro atoms. The molecule has 0 saturated heterocycles. The molecule has 0 radical (unpaired) electrons. The molecular formula is C7H6BNO4. The van der Waals surface area contributed by atoms with E-state index in [1.165, 1.54) is 18.2 Å². The number of phenols is 1. The highest BCUT2D eigenvalue weighted by molar-refractivity contribution is 6.33. The molecule has 0 unspecified atom stereocenters. The lowest BCUT2D eigenvalue weighted by molar-refractivity contribution is 0.281. The quantitative estimate of drug-likeness (QED) is 0.537. The van der Waals surface area contributed by atoms with Gasteiger partial charge in [-0.2, -0.15) is 5.26 Å². The number of nitriles is 1. The van der Waals surface area contributed by atoms with E-state index in [1.54, 1.807) is 0 Å². The van der Waals surface area contributed by atoms with Gasteiger partial charge in [-0.1, -0.05) is 0 Å². The van der Waals surface area contributed by atoms with Crippen LogP contribution in [0.4, 0.5) is 0 Å². The highest BCUT2D eigenvalue weighted by Crippen LogP contribution is 2.26. The van der Waals surface area contributed by atoms with E-state index in [-0.39, 0.29) is 17.1 Å². The zero-order chi connectivity index (χ0) is 9.84. The summed E-state index contributed by atoms with van der Waals surface area (Å²) in [5.74, 6) is -0.402. The zero-order valence-corrected chi connectivity index (χ0v) is 6.51. The van der Waals surface area contributed by atoms with Crippen LogP contribution in [0.5, 0.6) is 11.5 Å². The molecule has 0 aliphatic rings. The molecular weight excluding hydrogens is 173 g/mol. The van der Waals surface area contributed by atoms with E-state index in [0.717, 1.165) is 0 Å². The highest BCUT2D eigenvalue weighted by Gasteiger charge is 2.14. The smallest absolute Gasteiger partial charge is 0.509 e. The van der Waals surface area contributed by atoms with Crippen molar-refractivity contribution in [3.05, 3.63) is 23.8 Å². The van der Waals surface area contributed by atoms with Gasteiger partial charge in [0, 0.05) is 6.07 Å². The summed E-state index contributed by atoms with van der Waals surface area (Å²) in [6.45, 7) is 0. The number of rotatable bonds is 2. The molecule has 0 aromatic heterocycles. The monoisotopic (exact) mass is 179 g/mol. The predicted molar refractivity (Wildman–Crippen MR) is 43.6 cm³/mol. The Labute approximate surface area is 74.6 Å². The summed E-state index contributed by atoms with van der Waals surface area (Å²) in [5.41, 5.74) is 0.258. The molecule has 1 aromatic rings. The van der Waals surface area contributed by atoms with Crippen molar-refractivity contribution < 1.29 is 19.8 Å². The van der Waals surface area contributed by atoms with Gasteiger partial charge in [0.15, 0.2) is 5.75 Å². The standard InChI is InChI=1S/C7H6BNO4/c9-4-5-1-2-6(10)7(3-5)13-8(11)12/h1-3,10-12H. The van der Waals surface area contributed by atoms with Crippen LogP contribution in [0.25, 0.3) is 0 Å². The van der Waals surface area contributed by atoms with Gasteiger partial charge in [0.1, 0.15) is 5.75 Å². The second-order valence-corrected chi connectivity index (χ2v) is 2.24. The van der Waals surface area contributed by atoms with E-state index in [1.807, 2.05) is 6.07 Å². The number of hydrogen-bond acceptors (Lipinski definition) is 5. The van der Waals surface area contributed by atoms with Crippen LogP contribution in [0.2, 0.25) is 0 Å². The molecule has 0 heterocycles. The first-order valence-corrected chi connectivity index (χ1v) is 3.39. The maximum absolute atomic E-state index is 9.12. The molecule has 0 aliphatic carbocycles. The number of nitrogens with zero attached hydrogens (tertiary/aromatic N) is 1. The fourth-order valence-electron chi connectivity index (χ4n) is 0.792. The van der Waals surface area contributed by atoms with Gasteiger partial charge in [-0.05, 0) is 12.1 Å². The van der Waals surface area contributed by atoms with Crippen LogP contribution in [0.15, 0.2) is 18.2 Å². The van der Waals surface area contributed by atoms with Crippen molar-refractivity contribution in [1.29, 1.82) is 5.26 Å². The fourth-order valence-corrected chi connectivity index (χ4v) is 0.792. The first-order chi connectivity index (χ1) is 6.13.